The molecule has 3 aromatic carbocycles. The number of para-hydroxylation sites is 2. The minimum Gasteiger partial charge on any atom is -0.504 e. The van der Waals surface area contributed by atoms with E-state index in [1.165, 1.54) is 0 Å². The molecule has 4 rings (SSSR count). The molecule has 4 nitrogen and oxygen atoms in total. The molecule has 122 valence electrons. The monoisotopic (exact) mass is 329 g/mol. The highest BCUT2D eigenvalue weighted by molar-refractivity contribution is 5.61. The molecule has 0 amide bonds. The van der Waals surface area contributed by atoms with Crippen molar-refractivity contribution in [1.29, 1.82) is 0 Å². The maximum Gasteiger partial charge on any atom is 0.226 e. The normalized spacial score (nSPS) is 10.6. The molecule has 0 aliphatic heterocycles. The molecule has 0 saturated carbocycles. The molecule has 1 heterocycles. The van der Waals surface area contributed by atoms with Gasteiger partial charge in [-0.25, -0.2) is 4.98 Å². The summed E-state index contributed by atoms with van der Waals surface area (Å²) in [6, 6.07) is 24.1. The number of phenols is 1. The molecule has 0 spiro atoms. The molecule has 0 atom stereocenters. The molecular weight excluding hydrogens is 314 g/mol. The smallest absolute Gasteiger partial charge is 0.226 e. The third-order valence-corrected chi connectivity index (χ3v) is 3.76. The topological polar surface area (TPSA) is 55.5 Å². The predicted molar refractivity (Wildman–Crippen MR) is 95.6 cm³/mol. The van der Waals surface area contributed by atoms with Gasteiger partial charge >= 0.3 is 0 Å². The van der Waals surface area contributed by atoms with E-state index in [4.69, 9.17) is 9.15 Å². The van der Waals surface area contributed by atoms with Gasteiger partial charge < -0.3 is 14.3 Å². The van der Waals surface area contributed by atoms with E-state index in [0.717, 1.165) is 16.9 Å². The molecule has 4 heteroatoms. The Morgan fingerprint density at radius 2 is 1.48 bits per heavy atom. The van der Waals surface area contributed by atoms with Crippen LogP contribution in [0.25, 0.3) is 22.8 Å². The van der Waals surface area contributed by atoms with Crippen LogP contribution in [0.15, 0.2) is 89.5 Å². The fourth-order valence-electron chi connectivity index (χ4n) is 2.48. The first-order valence-corrected chi connectivity index (χ1v) is 7.87. The SMILES string of the molecule is Oc1ccccc1Oc1ccc(-c2ncc(-c3ccccc3)o2)cc1. The number of phenolic OH excluding ortho intramolecular Hbond substituents is 1. The Morgan fingerprint density at radius 3 is 2.24 bits per heavy atom. The summed E-state index contributed by atoms with van der Waals surface area (Å²) in [4.78, 5) is 4.34. The minimum atomic E-state index is 0.104. The minimum absolute atomic E-state index is 0.104. The van der Waals surface area contributed by atoms with Crippen LogP contribution >= 0.6 is 0 Å². The largest absolute Gasteiger partial charge is 0.504 e. The lowest BCUT2D eigenvalue weighted by molar-refractivity contribution is 0.411. The van der Waals surface area contributed by atoms with Gasteiger partial charge in [-0.3, -0.25) is 0 Å². The highest BCUT2D eigenvalue weighted by atomic mass is 16.5. The first-order chi connectivity index (χ1) is 12.3. The molecule has 0 aliphatic rings. The highest BCUT2D eigenvalue weighted by Gasteiger charge is 2.09. The number of nitrogens with zero attached hydrogens (tertiary/aromatic N) is 1. The van der Waals surface area contributed by atoms with Crippen molar-refractivity contribution < 1.29 is 14.3 Å². The quantitative estimate of drug-likeness (QED) is 0.536. The second-order valence-electron chi connectivity index (χ2n) is 5.49. The van der Waals surface area contributed by atoms with Gasteiger partial charge in [-0.1, -0.05) is 42.5 Å². The Kier molecular flexibility index (Phi) is 3.92. The summed E-state index contributed by atoms with van der Waals surface area (Å²) in [6.07, 6.45) is 1.72. The lowest BCUT2D eigenvalue weighted by atomic mass is 10.2. The Balaban J connectivity index is 1.55. The van der Waals surface area contributed by atoms with Gasteiger partial charge in [0.2, 0.25) is 5.89 Å². The zero-order chi connectivity index (χ0) is 17.1. The van der Waals surface area contributed by atoms with Gasteiger partial charge in [0, 0.05) is 11.1 Å². The van der Waals surface area contributed by atoms with Crippen LogP contribution in [0, 0.1) is 0 Å². The fraction of sp³-hybridized carbons (Fsp3) is 0. The summed E-state index contributed by atoms with van der Waals surface area (Å²) < 4.78 is 11.5. The van der Waals surface area contributed by atoms with Crippen LogP contribution < -0.4 is 4.74 Å². The second kappa shape index (κ2) is 6.53. The van der Waals surface area contributed by atoms with Crippen LogP contribution in [0.1, 0.15) is 0 Å². The van der Waals surface area contributed by atoms with Crippen molar-refractivity contribution in [3.8, 4) is 40.0 Å². The average Bonchev–Trinajstić information content (AvgIpc) is 3.15. The fourth-order valence-corrected chi connectivity index (χ4v) is 2.48. The van der Waals surface area contributed by atoms with E-state index in [2.05, 4.69) is 4.98 Å². The van der Waals surface area contributed by atoms with Crippen molar-refractivity contribution in [2.24, 2.45) is 0 Å². The number of benzene rings is 3. The Labute approximate surface area is 145 Å². The number of oxazole rings is 1. The van der Waals surface area contributed by atoms with E-state index in [9.17, 15) is 5.11 Å². The van der Waals surface area contributed by atoms with Crippen molar-refractivity contribution >= 4 is 0 Å². The van der Waals surface area contributed by atoms with E-state index < -0.39 is 0 Å². The van der Waals surface area contributed by atoms with Gasteiger partial charge in [-0.2, -0.15) is 0 Å². The number of rotatable bonds is 4. The second-order valence-corrected chi connectivity index (χ2v) is 5.49. The maximum absolute atomic E-state index is 9.77. The van der Waals surface area contributed by atoms with Crippen molar-refractivity contribution in [1.82, 2.24) is 4.98 Å². The van der Waals surface area contributed by atoms with Crippen LogP contribution in [-0.4, -0.2) is 10.1 Å². The number of aromatic hydroxyl groups is 1. The summed E-state index contributed by atoms with van der Waals surface area (Å²) in [5, 5.41) is 9.77. The van der Waals surface area contributed by atoms with Gasteiger partial charge in [0.25, 0.3) is 0 Å². The molecule has 0 saturated heterocycles. The van der Waals surface area contributed by atoms with Crippen LogP contribution in [0.3, 0.4) is 0 Å². The number of hydrogen-bond donors (Lipinski definition) is 1. The third-order valence-electron chi connectivity index (χ3n) is 3.76. The molecular formula is C21H15NO3. The average molecular weight is 329 g/mol. The number of aromatic nitrogens is 1. The lowest BCUT2D eigenvalue weighted by Gasteiger charge is -2.07. The van der Waals surface area contributed by atoms with E-state index >= 15 is 0 Å². The van der Waals surface area contributed by atoms with E-state index in [1.807, 2.05) is 54.6 Å². The number of hydrogen-bond acceptors (Lipinski definition) is 4. The van der Waals surface area contributed by atoms with Crippen LogP contribution in [0.2, 0.25) is 0 Å². The third kappa shape index (κ3) is 3.23. The Hall–Kier alpha value is -3.53. The molecule has 0 fully saturated rings. The molecule has 0 bridgehead atoms. The van der Waals surface area contributed by atoms with E-state index in [0.29, 0.717) is 17.4 Å². The molecule has 0 unspecified atom stereocenters. The van der Waals surface area contributed by atoms with Crippen LogP contribution in [0.4, 0.5) is 0 Å². The summed E-state index contributed by atoms with van der Waals surface area (Å²) in [6.45, 7) is 0. The van der Waals surface area contributed by atoms with Gasteiger partial charge in [-0.05, 0) is 36.4 Å². The van der Waals surface area contributed by atoms with E-state index in [-0.39, 0.29) is 5.75 Å². The standard InChI is InChI=1S/C21H15NO3/c23-18-8-4-5-9-19(18)24-17-12-10-16(11-13-17)21-22-14-20(25-21)15-6-2-1-3-7-15/h1-14,23H. The van der Waals surface area contributed by atoms with Gasteiger partial charge in [0.1, 0.15) is 5.75 Å². The molecule has 1 N–H and O–H groups in total. The maximum atomic E-state index is 9.77. The molecule has 0 aliphatic carbocycles. The predicted octanol–water partition coefficient (Wildman–Crippen LogP) is 5.51. The van der Waals surface area contributed by atoms with Crippen molar-refractivity contribution in [3.63, 3.8) is 0 Å². The zero-order valence-electron chi connectivity index (χ0n) is 13.3. The lowest BCUT2D eigenvalue weighted by Crippen LogP contribution is -1.85. The zero-order valence-corrected chi connectivity index (χ0v) is 13.3. The molecule has 0 radical (unpaired) electrons. The van der Waals surface area contributed by atoms with Crippen molar-refractivity contribution in [2.75, 3.05) is 0 Å². The molecule has 1 aromatic heterocycles. The first kappa shape index (κ1) is 15.0. The van der Waals surface area contributed by atoms with Gasteiger partial charge in [0.05, 0.1) is 6.20 Å². The van der Waals surface area contributed by atoms with E-state index in [1.54, 1.807) is 30.5 Å². The highest BCUT2D eigenvalue weighted by Crippen LogP contribution is 2.32. The Morgan fingerprint density at radius 1 is 0.760 bits per heavy atom. The summed E-state index contributed by atoms with van der Waals surface area (Å²) >= 11 is 0. The van der Waals surface area contributed by atoms with Crippen LogP contribution in [-0.2, 0) is 0 Å². The summed E-state index contributed by atoms with van der Waals surface area (Å²) in [7, 11) is 0. The number of ether oxygens (including phenoxy) is 1. The Bertz CT molecular complexity index is 975. The molecule has 4 aromatic rings. The van der Waals surface area contributed by atoms with Crippen molar-refractivity contribution in [2.45, 2.75) is 0 Å². The summed E-state index contributed by atoms with van der Waals surface area (Å²) in [5.74, 6) is 2.42. The van der Waals surface area contributed by atoms with Crippen molar-refractivity contribution in [3.05, 3.63) is 85.1 Å². The first-order valence-electron chi connectivity index (χ1n) is 7.87. The molecule has 25 heavy (non-hydrogen) atoms. The van der Waals surface area contributed by atoms with Gasteiger partial charge in [-0.15, -0.1) is 0 Å². The van der Waals surface area contributed by atoms with Gasteiger partial charge in [0.15, 0.2) is 17.3 Å². The van der Waals surface area contributed by atoms with Crippen LogP contribution in [0.5, 0.6) is 17.2 Å². The summed E-state index contributed by atoms with van der Waals surface area (Å²) in [5.41, 5.74) is 1.84.